The van der Waals surface area contributed by atoms with Gasteiger partial charge in [-0.1, -0.05) is 18.6 Å². The summed E-state index contributed by atoms with van der Waals surface area (Å²) in [7, 11) is 0. The van der Waals surface area contributed by atoms with Crippen molar-refractivity contribution in [3.63, 3.8) is 0 Å². The zero-order valence-corrected chi connectivity index (χ0v) is 12.4. The monoisotopic (exact) mass is 276 g/mol. The molecule has 2 atom stereocenters. The second kappa shape index (κ2) is 6.23. The minimum atomic E-state index is -0.141. The molecule has 3 rings (SSSR count). The molecule has 110 valence electrons. The number of piperidine rings is 1. The molecule has 0 N–H and O–H groups in total. The van der Waals surface area contributed by atoms with Crippen LogP contribution in [0.4, 0.5) is 4.39 Å². The van der Waals surface area contributed by atoms with E-state index in [0.29, 0.717) is 6.04 Å². The van der Waals surface area contributed by atoms with E-state index in [-0.39, 0.29) is 5.82 Å². The van der Waals surface area contributed by atoms with Crippen LogP contribution in [-0.4, -0.2) is 48.1 Å². The molecule has 0 aromatic heterocycles. The summed E-state index contributed by atoms with van der Waals surface area (Å²) in [6.45, 7) is 7.16. The summed E-state index contributed by atoms with van der Waals surface area (Å²) >= 11 is 0. The number of hydrogen-bond acceptors (Lipinski definition) is 2. The van der Waals surface area contributed by atoms with Crippen molar-refractivity contribution in [1.82, 2.24) is 9.80 Å². The maximum absolute atomic E-state index is 12.9. The molecule has 0 bridgehead atoms. The summed E-state index contributed by atoms with van der Waals surface area (Å²) in [6, 6.07) is 8.38. The predicted molar refractivity (Wildman–Crippen MR) is 80.4 cm³/mol. The number of rotatable bonds is 3. The molecule has 2 nitrogen and oxygen atoms in total. The first-order valence-electron chi connectivity index (χ1n) is 7.95. The minimum absolute atomic E-state index is 0.141. The molecular weight excluding hydrogens is 251 g/mol. The highest BCUT2D eigenvalue weighted by atomic mass is 19.1. The molecule has 2 fully saturated rings. The van der Waals surface area contributed by atoms with Gasteiger partial charge in [0, 0.05) is 31.7 Å². The zero-order chi connectivity index (χ0) is 13.9. The maximum Gasteiger partial charge on any atom is 0.123 e. The van der Waals surface area contributed by atoms with E-state index in [1.165, 1.54) is 44.5 Å². The van der Waals surface area contributed by atoms with E-state index >= 15 is 0 Å². The van der Waals surface area contributed by atoms with Crippen LogP contribution < -0.4 is 0 Å². The van der Waals surface area contributed by atoms with E-state index in [0.717, 1.165) is 19.0 Å². The zero-order valence-electron chi connectivity index (χ0n) is 12.4. The molecule has 20 heavy (non-hydrogen) atoms. The van der Waals surface area contributed by atoms with Gasteiger partial charge < -0.3 is 0 Å². The van der Waals surface area contributed by atoms with Gasteiger partial charge in [0.05, 0.1) is 0 Å². The van der Waals surface area contributed by atoms with Gasteiger partial charge in [0.2, 0.25) is 0 Å². The third kappa shape index (κ3) is 3.21. The quantitative estimate of drug-likeness (QED) is 0.837. The third-order valence-corrected chi connectivity index (χ3v) is 4.92. The van der Waals surface area contributed by atoms with Gasteiger partial charge in [-0.25, -0.2) is 4.39 Å². The second-order valence-electron chi connectivity index (χ2n) is 6.36. The van der Waals surface area contributed by atoms with Gasteiger partial charge in [-0.15, -0.1) is 0 Å². The largest absolute Gasteiger partial charge is 0.298 e. The highest BCUT2D eigenvalue weighted by Crippen LogP contribution is 2.24. The summed E-state index contributed by atoms with van der Waals surface area (Å²) in [4.78, 5) is 5.30. The van der Waals surface area contributed by atoms with Gasteiger partial charge >= 0.3 is 0 Å². The minimum Gasteiger partial charge on any atom is -0.298 e. The first kappa shape index (κ1) is 14.0. The highest BCUT2D eigenvalue weighted by molar-refractivity contribution is 5.16. The lowest BCUT2D eigenvalue weighted by Gasteiger charge is -2.47. The van der Waals surface area contributed by atoms with Crippen LogP contribution >= 0.6 is 0 Å². The van der Waals surface area contributed by atoms with Crippen molar-refractivity contribution < 1.29 is 4.39 Å². The van der Waals surface area contributed by atoms with Gasteiger partial charge in [-0.2, -0.15) is 0 Å². The number of benzene rings is 1. The molecule has 1 aromatic rings. The van der Waals surface area contributed by atoms with Gasteiger partial charge in [0.25, 0.3) is 0 Å². The molecule has 2 aliphatic rings. The van der Waals surface area contributed by atoms with Crippen LogP contribution in [0.25, 0.3) is 0 Å². The summed E-state index contributed by atoms with van der Waals surface area (Å²) in [5, 5.41) is 0. The van der Waals surface area contributed by atoms with E-state index in [2.05, 4.69) is 16.7 Å². The Morgan fingerprint density at radius 1 is 1.15 bits per heavy atom. The number of piperazine rings is 1. The highest BCUT2D eigenvalue weighted by Gasteiger charge is 2.32. The van der Waals surface area contributed by atoms with Crippen LogP contribution in [0.15, 0.2) is 24.3 Å². The molecule has 2 heterocycles. The van der Waals surface area contributed by atoms with Crippen molar-refractivity contribution in [2.75, 3.05) is 26.2 Å². The van der Waals surface area contributed by atoms with Crippen molar-refractivity contribution in [2.45, 2.75) is 44.7 Å². The molecule has 0 radical (unpaired) electrons. The summed E-state index contributed by atoms with van der Waals surface area (Å²) in [5.74, 6) is -0.141. The first-order valence-corrected chi connectivity index (χ1v) is 7.95. The van der Waals surface area contributed by atoms with Gasteiger partial charge in [0.1, 0.15) is 5.82 Å². The van der Waals surface area contributed by atoms with Crippen molar-refractivity contribution >= 4 is 0 Å². The Balaban J connectivity index is 1.55. The second-order valence-corrected chi connectivity index (χ2v) is 6.36. The fourth-order valence-electron chi connectivity index (χ4n) is 3.65. The third-order valence-electron chi connectivity index (χ3n) is 4.92. The van der Waals surface area contributed by atoms with Crippen molar-refractivity contribution in [2.24, 2.45) is 0 Å². The van der Waals surface area contributed by atoms with E-state index in [4.69, 9.17) is 0 Å². The topological polar surface area (TPSA) is 6.48 Å². The van der Waals surface area contributed by atoms with Crippen LogP contribution in [0.2, 0.25) is 0 Å². The Morgan fingerprint density at radius 2 is 1.95 bits per heavy atom. The fraction of sp³-hybridized carbons (Fsp3) is 0.647. The average Bonchev–Trinajstić information content (AvgIpc) is 2.47. The van der Waals surface area contributed by atoms with Crippen LogP contribution in [0.5, 0.6) is 0 Å². The number of hydrogen-bond donors (Lipinski definition) is 0. The summed E-state index contributed by atoms with van der Waals surface area (Å²) in [5.41, 5.74) is 1.24. The molecular formula is C17H25FN2. The lowest BCUT2D eigenvalue weighted by molar-refractivity contribution is 0.0160. The lowest BCUT2D eigenvalue weighted by Crippen LogP contribution is -2.58. The van der Waals surface area contributed by atoms with Crippen molar-refractivity contribution in [1.29, 1.82) is 0 Å². The lowest BCUT2D eigenvalue weighted by atomic mass is 9.97. The van der Waals surface area contributed by atoms with Crippen LogP contribution in [0.3, 0.4) is 0 Å². The molecule has 0 saturated carbocycles. The fourth-order valence-corrected chi connectivity index (χ4v) is 3.65. The predicted octanol–water partition coefficient (Wildman–Crippen LogP) is 2.93. The average molecular weight is 276 g/mol. The normalized spacial score (nSPS) is 28.3. The Bertz CT molecular complexity index is 431. The molecule has 3 heteroatoms. The van der Waals surface area contributed by atoms with E-state index in [9.17, 15) is 4.39 Å². The smallest absolute Gasteiger partial charge is 0.123 e. The van der Waals surface area contributed by atoms with Gasteiger partial charge in [-0.3, -0.25) is 9.80 Å². The van der Waals surface area contributed by atoms with E-state index in [1.54, 1.807) is 12.1 Å². The standard InChI is InChI=1S/C17H25FN2/c1-14-12-20-10-3-2-4-17(20)13-19(14)11-9-15-5-7-16(18)8-6-15/h5-8,14,17H,2-4,9-13H2,1H3. The van der Waals surface area contributed by atoms with Crippen LogP contribution in [-0.2, 0) is 6.42 Å². The van der Waals surface area contributed by atoms with Crippen LogP contribution in [0.1, 0.15) is 31.7 Å². The maximum atomic E-state index is 12.9. The molecule has 2 saturated heterocycles. The molecule has 0 aliphatic carbocycles. The van der Waals surface area contributed by atoms with E-state index in [1.807, 2.05) is 12.1 Å². The molecule has 2 aliphatic heterocycles. The Hall–Kier alpha value is -0.930. The van der Waals surface area contributed by atoms with Gasteiger partial charge in [0.15, 0.2) is 0 Å². The molecule has 0 spiro atoms. The Morgan fingerprint density at radius 3 is 2.75 bits per heavy atom. The SMILES string of the molecule is CC1CN2CCCCC2CN1CCc1ccc(F)cc1. The number of fused-ring (bicyclic) bond motifs is 1. The van der Waals surface area contributed by atoms with Crippen LogP contribution in [0, 0.1) is 5.82 Å². The Kier molecular flexibility index (Phi) is 4.37. The van der Waals surface area contributed by atoms with Gasteiger partial charge in [-0.05, 0) is 50.4 Å². The molecule has 0 amide bonds. The molecule has 1 aromatic carbocycles. The Labute approximate surface area is 121 Å². The first-order chi connectivity index (χ1) is 9.72. The van der Waals surface area contributed by atoms with Crippen molar-refractivity contribution in [3.8, 4) is 0 Å². The molecule has 2 unspecified atom stereocenters. The number of halogens is 1. The van der Waals surface area contributed by atoms with Crippen molar-refractivity contribution in [3.05, 3.63) is 35.6 Å². The van der Waals surface area contributed by atoms with E-state index < -0.39 is 0 Å². The summed E-state index contributed by atoms with van der Waals surface area (Å²) in [6.07, 6.45) is 5.15. The summed E-state index contributed by atoms with van der Waals surface area (Å²) < 4.78 is 12.9. The number of nitrogens with zero attached hydrogens (tertiary/aromatic N) is 2.